The maximum absolute atomic E-state index is 10.9. The van der Waals surface area contributed by atoms with Crippen molar-refractivity contribution < 1.29 is 14.7 Å². The highest BCUT2D eigenvalue weighted by Crippen LogP contribution is 2.22. The van der Waals surface area contributed by atoms with E-state index in [1.807, 2.05) is 0 Å². The van der Waals surface area contributed by atoms with Crippen molar-refractivity contribution in [3.63, 3.8) is 0 Å². The van der Waals surface area contributed by atoms with Crippen molar-refractivity contribution in [1.82, 2.24) is 4.90 Å². The first-order valence-corrected chi connectivity index (χ1v) is 4.39. The highest BCUT2D eigenvalue weighted by molar-refractivity contribution is 5.79. The van der Waals surface area contributed by atoms with Gasteiger partial charge in [-0.2, -0.15) is 0 Å². The summed E-state index contributed by atoms with van der Waals surface area (Å²) < 4.78 is 0. The fraction of sp³-hybridized carbons (Fsp3) is 0.750. The van der Waals surface area contributed by atoms with Crippen molar-refractivity contribution in [3.8, 4) is 0 Å². The van der Waals surface area contributed by atoms with Crippen LogP contribution in [0.1, 0.15) is 25.7 Å². The van der Waals surface area contributed by atoms with Crippen LogP contribution >= 0.6 is 0 Å². The van der Waals surface area contributed by atoms with Crippen molar-refractivity contribution >= 4 is 12.0 Å². The van der Waals surface area contributed by atoms with Crippen LogP contribution < -0.4 is 5.73 Å². The van der Waals surface area contributed by atoms with Gasteiger partial charge in [0.15, 0.2) is 0 Å². The molecule has 5 heteroatoms. The zero-order valence-corrected chi connectivity index (χ0v) is 7.40. The van der Waals surface area contributed by atoms with Crippen molar-refractivity contribution in [3.05, 3.63) is 0 Å². The number of amides is 2. The van der Waals surface area contributed by atoms with Crippen LogP contribution in [0.25, 0.3) is 0 Å². The van der Waals surface area contributed by atoms with E-state index in [0.29, 0.717) is 0 Å². The summed E-state index contributed by atoms with van der Waals surface area (Å²) in [7, 11) is 0. The molecule has 0 radical (unpaired) electrons. The fourth-order valence-corrected chi connectivity index (χ4v) is 1.75. The Morgan fingerprint density at radius 2 is 1.92 bits per heavy atom. The van der Waals surface area contributed by atoms with E-state index in [2.05, 4.69) is 0 Å². The van der Waals surface area contributed by atoms with E-state index in [1.54, 1.807) is 0 Å². The van der Waals surface area contributed by atoms with Gasteiger partial charge >= 0.3 is 12.0 Å². The van der Waals surface area contributed by atoms with Crippen molar-refractivity contribution in [1.29, 1.82) is 0 Å². The second-order valence-corrected chi connectivity index (χ2v) is 3.30. The zero-order chi connectivity index (χ0) is 9.84. The summed E-state index contributed by atoms with van der Waals surface area (Å²) in [6.07, 6.45) is 3.84. The van der Waals surface area contributed by atoms with Crippen LogP contribution in [0.15, 0.2) is 0 Å². The van der Waals surface area contributed by atoms with Gasteiger partial charge in [0.1, 0.15) is 6.54 Å². The SMILES string of the molecule is NC(=O)N(CC(=O)O)C1CCCC1. The Kier molecular flexibility index (Phi) is 3.11. The smallest absolute Gasteiger partial charge is 0.323 e. The molecule has 1 saturated carbocycles. The summed E-state index contributed by atoms with van der Waals surface area (Å²) in [5, 5.41) is 8.54. The number of carboxylic acids is 1. The summed E-state index contributed by atoms with van der Waals surface area (Å²) in [5.74, 6) is -1.01. The van der Waals surface area contributed by atoms with Crippen LogP contribution in [0, 0.1) is 0 Å². The van der Waals surface area contributed by atoms with E-state index in [1.165, 1.54) is 4.90 Å². The number of carbonyl (C=O) groups is 2. The van der Waals surface area contributed by atoms with Crippen LogP contribution in [0.4, 0.5) is 4.79 Å². The molecule has 0 aliphatic heterocycles. The number of carbonyl (C=O) groups excluding carboxylic acids is 1. The summed E-state index contributed by atoms with van der Waals surface area (Å²) >= 11 is 0. The van der Waals surface area contributed by atoms with E-state index in [9.17, 15) is 9.59 Å². The Morgan fingerprint density at radius 3 is 2.31 bits per heavy atom. The van der Waals surface area contributed by atoms with E-state index >= 15 is 0 Å². The minimum atomic E-state index is -1.01. The molecule has 1 aliphatic rings. The second-order valence-electron chi connectivity index (χ2n) is 3.30. The summed E-state index contributed by atoms with van der Waals surface area (Å²) in [6.45, 7) is -0.278. The van der Waals surface area contributed by atoms with Gasteiger partial charge in [0, 0.05) is 6.04 Å². The molecule has 3 N–H and O–H groups in total. The van der Waals surface area contributed by atoms with Gasteiger partial charge in [0.05, 0.1) is 0 Å². The number of rotatable bonds is 3. The zero-order valence-electron chi connectivity index (χ0n) is 7.40. The topological polar surface area (TPSA) is 83.6 Å². The molecular weight excluding hydrogens is 172 g/mol. The van der Waals surface area contributed by atoms with Gasteiger partial charge in [-0.15, -0.1) is 0 Å². The van der Waals surface area contributed by atoms with Gasteiger partial charge < -0.3 is 15.7 Å². The normalized spacial score (nSPS) is 17.2. The Bertz CT molecular complexity index is 211. The van der Waals surface area contributed by atoms with Gasteiger partial charge in [-0.3, -0.25) is 4.79 Å². The van der Waals surface area contributed by atoms with Gasteiger partial charge in [-0.1, -0.05) is 12.8 Å². The molecule has 74 valence electrons. The van der Waals surface area contributed by atoms with Crippen LogP contribution in [0.3, 0.4) is 0 Å². The monoisotopic (exact) mass is 186 g/mol. The minimum absolute atomic E-state index is 0.0357. The molecule has 0 saturated heterocycles. The molecule has 5 nitrogen and oxygen atoms in total. The van der Waals surface area contributed by atoms with Crippen molar-refractivity contribution in [2.45, 2.75) is 31.7 Å². The lowest BCUT2D eigenvalue weighted by molar-refractivity contribution is -0.138. The predicted molar refractivity (Wildman–Crippen MR) is 46.2 cm³/mol. The molecule has 0 aromatic carbocycles. The van der Waals surface area contributed by atoms with E-state index < -0.39 is 12.0 Å². The van der Waals surface area contributed by atoms with Gasteiger partial charge in [0.25, 0.3) is 0 Å². The Balaban J connectivity index is 2.55. The lowest BCUT2D eigenvalue weighted by Gasteiger charge is -2.24. The molecule has 2 amide bonds. The molecule has 0 bridgehead atoms. The lowest BCUT2D eigenvalue weighted by atomic mass is 10.2. The molecule has 0 spiro atoms. The number of aliphatic carboxylic acids is 1. The van der Waals surface area contributed by atoms with Crippen LogP contribution in [-0.4, -0.2) is 34.6 Å². The third kappa shape index (κ3) is 2.61. The average Bonchev–Trinajstić information content (AvgIpc) is 2.50. The number of hydrogen-bond acceptors (Lipinski definition) is 2. The summed E-state index contributed by atoms with van der Waals surface area (Å²) in [5.41, 5.74) is 5.09. The van der Waals surface area contributed by atoms with Crippen LogP contribution in [0.5, 0.6) is 0 Å². The average molecular weight is 186 g/mol. The molecule has 0 aromatic heterocycles. The van der Waals surface area contributed by atoms with Gasteiger partial charge in [0.2, 0.25) is 0 Å². The lowest BCUT2D eigenvalue weighted by Crippen LogP contribution is -2.45. The maximum atomic E-state index is 10.9. The molecule has 0 atom stereocenters. The number of urea groups is 1. The van der Waals surface area contributed by atoms with Crippen LogP contribution in [-0.2, 0) is 4.79 Å². The molecule has 1 rings (SSSR count). The number of hydrogen-bond donors (Lipinski definition) is 2. The first-order valence-electron chi connectivity index (χ1n) is 4.39. The number of primary amides is 1. The molecular formula is C8H14N2O3. The molecule has 0 heterocycles. The molecule has 1 aliphatic carbocycles. The molecule has 13 heavy (non-hydrogen) atoms. The second kappa shape index (κ2) is 4.11. The van der Waals surface area contributed by atoms with E-state index in [4.69, 9.17) is 10.8 Å². The third-order valence-corrected chi connectivity index (χ3v) is 2.35. The minimum Gasteiger partial charge on any atom is -0.480 e. The highest BCUT2D eigenvalue weighted by atomic mass is 16.4. The number of carboxylic acid groups (broad SMARTS) is 1. The van der Waals surface area contributed by atoms with E-state index in [-0.39, 0.29) is 12.6 Å². The van der Waals surface area contributed by atoms with Crippen molar-refractivity contribution in [2.75, 3.05) is 6.54 Å². The number of nitrogens with two attached hydrogens (primary N) is 1. The molecule has 1 fully saturated rings. The fourth-order valence-electron chi connectivity index (χ4n) is 1.75. The maximum Gasteiger partial charge on any atom is 0.323 e. The quantitative estimate of drug-likeness (QED) is 0.668. The molecule has 0 unspecified atom stereocenters. The van der Waals surface area contributed by atoms with Crippen molar-refractivity contribution in [2.24, 2.45) is 5.73 Å². The van der Waals surface area contributed by atoms with E-state index in [0.717, 1.165) is 25.7 Å². The Labute approximate surface area is 76.5 Å². The standard InChI is InChI=1S/C8H14N2O3/c9-8(13)10(5-7(11)12)6-3-1-2-4-6/h6H,1-5H2,(H2,9,13)(H,11,12). The Hall–Kier alpha value is -1.26. The largest absolute Gasteiger partial charge is 0.480 e. The van der Waals surface area contributed by atoms with Gasteiger partial charge in [-0.25, -0.2) is 4.79 Å². The first kappa shape index (κ1) is 9.83. The Morgan fingerprint density at radius 1 is 1.38 bits per heavy atom. The summed E-state index contributed by atoms with van der Waals surface area (Å²) in [4.78, 5) is 22.6. The summed E-state index contributed by atoms with van der Waals surface area (Å²) in [6, 6.07) is -0.595. The van der Waals surface area contributed by atoms with Gasteiger partial charge in [-0.05, 0) is 12.8 Å². The predicted octanol–water partition coefficient (Wildman–Crippen LogP) is 0.394. The number of nitrogens with zero attached hydrogens (tertiary/aromatic N) is 1. The third-order valence-electron chi connectivity index (χ3n) is 2.35. The van der Waals surface area contributed by atoms with Crippen LogP contribution in [0.2, 0.25) is 0 Å². The first-order chi connectivity index (χ1) is 6.11. The highest BCUT2D eigenvalue weighted by Gasteiger charge is 2.26. The molecule has 0 aromatic rings.